The Bertz CT molecular complexity index is 457. The van der Waals surface area contributed by atoms with Crippen molar-refractivity contribution in [3.05, 3.63) is 45.8 Å². The predicted octanol–water partition coefficient (Wildman–Crippen LogP) is 1.21. The molecule has 66 valence electrons. The predicted molar refractivity (Wildman–Crippen MR) is 49.2 cm³/mol. The zero-order chi connectivity index (χ0) is 9.26. The minimum Gasteiger partial charge on any atom is -0.266 e. The van der Waals surface area contributed by atoms with Crippen molar-refractivity contribution in [3.63, 3.8) is 0 Å². The van der Waals surface area contributed by atoms with E-state index in [0.717, 1.165) is 5.69 Å². The second kappa shape index (κ2) is 3.06. The average molecular weight is 196 g/mol. The maximum absolute atomic E-state index is 10.8. The molecule has 1 N–H and O–H groups in total. The van der Waals surface area contributed by atoms with Gasteiger partial charge in [0, 0.05) is 5.02 Å². The molecule has 1 aromatic heterocycles. The summed E-state index contributed by atoms with van der Waals surface area (Å²) in [6.45, 7) is 0. The monoisotopic (exact) mass is 195 g/mol. The molecule has 2 aromatic rings. The molecule has 1 aromatic carbocycles. The van der Waals surface area contributed by atoms with E-state index in [0.29, 0.717) is 5.02 Å². The van der Waals surface area contributed by atoms with Crippen LogP contribution in [0, 0.1) is 0 Å². The van der Waals surface area contributed by atoms with Gasteiger partial charge in [-0.3, -0.25) is 4.79 Å². The molecule has 0 aliphatic carbocycles. The third-order valence-electron chi connectivity index (χ3n) is 1.58. The summed E-state index contributed by atoms with van der Waals surface area (Å²) in [6.07, 6.45) is 1.22. The highest BCUT2D eigenvalue weighted by atomic mass is 35.5. The van der Waals surface area contributed by atoms with Gasteiger partial charge in [0.15, 0.2) is 0 Å². The van der Waals surface area contributed by atoms with E-state index >= 15 is 0 Å². The van der Waals surface area contributed by atoms with Crippen LogP contribution in [0.3, 0.4) is 0 Å². The first-order valence-electron chi connectivity index (χ1n) is 3.66. The second-order valence-electron chi connectivity index (χ2n) is 2.51. The van der Waals surface area contributed by atoms with Gasteiger partial charge in [0.1, 0.15) is 6.20 Å². The number of aromatic nitrogens is 3. The first kappa shape index (κ1) is 8.07. The van der Waals surface area contributed by atoms with E-state index in [2.05, 4.69) is 10.2 Å². The molecule has 0 fully saturated rings. The van der Waals surface area contributed by atoms with Crippen LogP contribution in [0.25, 0.3) is 5.69 Å². The van der Waals surface area contributed by atoms with Gasteiger partial charge in [0.2, 0.25) is 0 Å². The number of rotatable bonds is 1. The maximum Gasteiger partial charge on any atom is 0.284 e. The Hall–Kier alpha value is -1.55. The lowest BCUT2D eigenvalue weighted by Crippen LogP contribution is -2.03. The van der Waals surface area contributed by atoms with E-state index < -0.39 is 0 Å². The fourth-order valence-electron chi connectivity index (χ4n) is 0.986. The number of benzene rings is 1. The summed E-state index contributed by atoms with van der Waals surface area (Å²) >= 11 is 5.70. The molecule has 0 saturated carbocycles. The molecule has 13 heavy (non-hydrogen) atoms. The Kier molecular flexibility index (Phi) is 1.90. The zero-order valence-electron chi connectivity index (χ0n) is 6.57. The van der Waals surface area contributed by atoms with Gasteiger partial charge in [-0.15, -0.1) is 0 Å². The van der Waals surface area contributed by atoms with Crippen molar-refractivity contribution in [1.82, 2.24) is 15.0 Å². The number of nitrogens with one attached hydrogen (secondary N) is 1. The molecule has 5 heteroatoms. The Morgan fingerprint density at radius 3 is 2.54 bits per heavy atom. The molecule has 0 aliphatic heterocycles. The van der Waals surface area contributed by atoms with Crippen molar-refractivity contribution >= 4 is 11.6 Å². The molecular formula is C8H6ClN3O. The Morgan fingerprint density at radius 2 is 2.00 bits per heavy atom. The van der Waals surface area contributed by atoms with Crippen LogP contribution in [-0.4, -0.2) is 15.0 Å². The van der Waals surface area contributed by atoms with Crippen LogP contribution >= 0.6 is 11.6 Å². The van der Waals surface area contributed by atoms with Crippen LogP contribution in [0.4, 0.5) is 0 Å². The molecule has 0 saturated heterocycles. The van der Waals surface area contributed by atoms with Crippen molar-refractivity contribution in [2.45, 2.75) is 0 Å². The largest absolute Gasteiger partial charge is 0.284 e. The van der Waals surface area contributed by atoms with Crippen LogP contribution in [0.5, 0.6) is 0 Å². The van der Waals surface area contributed by atoms with Crippen LogP contribution < -0.4 is 5.56 Å². The van der Waals surface area contributed by atoms with Gasteiger partial charge >= 0.3 is 0 Å². The van der Waals surface area contributed by atoms with Crippen molar-refractivity contribution in [3.8, 4) is 5.69 Å². The van der Waals surface area contributed by atoms with E-state index in [4.69, 9.17) is 11.6 Å². The molecule has 0 bridgehead atoms. The number of aromatic amines is 1. The van der Waals surface area contributed by atoms with E-state index in [-0.39, 0.29) is 5.56 Å². The lowest BCUT2D eigenvalue weighted by molar-refractivity contribution is 0.746. The standard InChI is InChI=1S/C8H6ClN3O/c9-6-1-3-7(4-2-6)12-10-5-8(13)11-12/h1-5H,(H,11,13). The summed E-state index contributed by atoms with van der Waals surface area (Å²) in [4.78, 5) is 12.2. The maximum atomic E-state index is 10.8. The Labute approximate surface area is 78.7 Å². The Morgan fingerprint density at radius 1 is 1.31 bits per heavy atom. The van der Waals surface area contributed by atoms with Crippen molar-refractivity contribution in [2.24, 2.45) is 0 Å². The third kappa shape index (κ3) is 1.62. The first-order valence-corrected chi connectivity index (χ1v) is 4.04. The highest BCUT2D eigenvalue weighted by Gasteiger charge is 1.96. The number of hydrogen-bond acceptors (Lipinski definition) is 2. The fraction of sp³-hybridized carbons (Fsp3) is 0. The number of hydrogen-bond donors (Lipinski definition) is 1. The van der Waals surface area contributed by atoms with E-state index in [1.807, 2.05) is 0 Å². The summed E-state index contributed by atoms with van der Waals surface area (Å²) in [6, 6.07) is 7.00. The molecular weight excluding hydrogens is 190 g/mol. The number of halogens is 1. The van der Waals surface area contributed by atoms with Gasteiger partial charge in [-0.2, -0.15) is 9.90 Å². The van der Waals surface area contributed by atoms with Crippen LogP contribution in [-0.2, 0) is 0 Å². The van der Waals surface area contributed by atoms with Crippen LogP contribution in [0.2, 0.25) is 5.02 Å². The number of nitrogens with zero attached hydrogens (tertiary/aromatic N) is 2. The summed E-state index contributed by atoms with van der Waals surface area (Å²) in [5, 5.41) is 6.99. The summed E-state index contributed by atoms with van der Waals surface area (Å²) in [7, 11) is 0. The van der Waals surface area contributed by atoms with Crippen LogP contribution in [0.1, 0.15) is 0 Å². The van der Waals surface area contributed by atoms with Gasteiger partial charge in [0.25, 0.3) is 5.56 Å². The minimum atomic E-state index is -0.227. The molecule has 0 radical (unpaired) electrons. The van der Waals surface area contributed by atoms with Gasteiger partial charge < -0.3 is 0 Å². The van der Waals surface area contributed by atoms with Gasteiger partial charge in [0.05, 0.1) is 5.69 Å². The quantitative estimate of drug-likeness (QED) is 0.744. The summed E-state index contributed by atoms with van der Waals surface area (Å²) in [5.74, 6) is 0. The average Bonchev–Trinajstić information content (AvgIpc) is 2.53. The van der Waals surface area contributed by atoms with Gasteiger partial charge in [-0.25, -0.2) is 5.10 Å². The zero-order valence-corrected chi connectivity index (χ0v) is 7.32. The Balaban J connectivity index is 2.47. The fourth-order valence-corrected chi connectivity index (χ4v) is 1.11. The smallest absolute Gasteiger partial charge is 0.266 e. The third-order valence-corrected chi connectivity index (χ3v) is 1.83. The van der Waals surface area contributed by atoms with Crippen molar-refractivity contribution < 1.29 is 0 Å². The minimum absolute atomic E-state index is 0.227. The molecule has 0 unspecified atom stereocenters. The van der Waals surface area contributed by atoms with E-state index in [1.165, 1.54) is 11.0 Å². The molecule has 4 nitrogen and oxygen atoms in total. The molecule has 0 aliphatic rings. The van der Waals surface area contributed by atoms with E-state index in [1.54, 1.807) is 24.3 Å². The van der Waals surface area contributed by atoms with Crippen molar-refractivity contribution in [1.29, 1.82) is 0 Å². The number of H-pyrrole nitrogens is 1. The molecule has 0 spiro atoms. The topological polar surface area (TPSA) is 50.7 Å². The van der Waals surface area contributed by atoms with Crippen LogP contribution in [0.15, 0.2) is 35.3 Å². The highest BCUT2D eigenvalue weighted by molar-refractivity contribution is 6.30. The van der Waals surface area contributed by atoms with E-state index in [9.17, 15) is 4.79 Å². The lowest BCUT2D eigenvalue weighted by Gasteiger charge is -1.98. The summed E-state index contributed by atoms with van der Waals surface area (Å²) in [5.41, 5.74) is 0.543. The highest BCUT2D eigenvalue weighted by Crippen LogP contribution is 2.10. The molecule has 2 rings (SSSR count). The SMILES string of the molecule is O=c1cnn(-c2ccc(Cl)cc2)[nH]1. The van der Waals surface area contributed by atoms with Gasteiger partial charge in [-0.1, -0.05) is 11.6 Å². The normalized spacial score (nSPS) is 10.2. The second-order valence-corrected chi connectivity index (χ2v) is 2.95. The lowest BCUT2D eigenvalue weighted by atomic mass is 10.3. The van der Waals surface area contributed by atoms with Gasteiger partial charge in [-0.05, 0) is 24.3 Å². The molecule has 0 amide bonds. The molecule has 0 atom stereocenters. The summed E-state index contributed by atoms with van der Waals surface area (Å²) < 4.78 is 0. The van der Waals surface area contributed by atoms with Crippen molar-refractivity contribution in [2.75, 3.05) is 0 Å². The molecule has 1 heterocycles. The first-order chi connectivity index (χ1) is 6.25.